The third kappa shape index (κ3) is 6.61. The maximum absolute atomic E-state index is 13.8. The highest BCUT2D eigenvalue weighted by Crippen LogP contribution is 2.33. The van der Waals surface area contributed by atoms with Crippen molar-refractivity contribution in [1.29, 1.82) is 0 Å². The number of hydrogen-bond donors (Lipinski definition) is 4. The number of para-hydroxylation sites is 2. The van der Waals surface area contributed by atoms with Gasteiger partial charge in [0.05, 0.1) is 37.5 Å². The Bertz CT molecular complexity index is 1320. The van der Waals surface area contributed by atoms with E-state index in [1.807, 2.05) is 0 Å². The molecule has 13 nitrogen and oxygen atoms in total. The van der Waals surface area contributed by atoms with Gasteiger partial charge in [-0.1, -0.05) is 12.1 Å². The van der Waals surface area contributed by atoms with Crippen LogP contribution in [0.1, 0.15) is 27.9 Å². The van der Waals surface area contributed by atoms with Gasteiger partial charge in [-0.15, -0.1) is 0 Å². The van der Waals surface area contributed by atoms with Gasteiger partial charge >= 0.3 is 5.97 Å². The molecule has 212 valence electrons. The molecule has 0 aliphatic carbocycles. The minimum Gasteiger partial charge on any atom is -0.496 e. The minimum atomic E-state index is -1.34. The van der Waals surface area contributed by atoms with Crippen LogP contribution in [0.15, 0.2) is 36.4 Å². The fourth-order valence-electron chi connectivity index (χ4n) is 4.54. The number of anilines is 2. The van der Waals surface area contributed by atoms with E-state index in [0.717, 1.165) is 9.80 Å². The molecule has 13 heteroatoms. The number of aryl methyl sites for hydroxylation is 2. The van der Waals surface area contributed by atoms with Crippen LogP contribution in [0.25, 0.3) is 0 Å². The van der Waals surface area contributed by atoms with Crippen LogP contribution >= 0.6 is 0 Å². The summed E-state index contributed by atoms with van der Waals surface area (Å²) in [6.07, 6.45) is -0.383. The molecule has 0 spiro atoms. The second-order valence-corrected chi connectivity index (χ2v) is 9.15. The number of methoxy groups -OCH3 is 1. The number of carbonyl (C=O) groups is 6. The number of fused-ring (bicyclic) bond motifs is 1. The quantitative estimate of drug-likeness (QED) is 0.292. The van der Waals surface area contributed by atoms with Gasteiger partial charge in [0.15, 0.2) is 0 Å². The summed E-state index contributed by atoms with van der Waals surface area (Å²) < 4.78 is 5.34. The molecule has 0 bridgehead atoms. The molecule has 2 aromatic carbocycles. The van der Waals surface area contributed by atoms with E-state index in [9.17, 15) is 33.9 Å². The number of nitrogens with one attached hydrogen (secondary N) is 2. The van der Waals surface area contributed by atoms with E-state index in [-0.39, 0.29) is 29.8 Å². The summed E-state index contributed by atoms with van der Waals surface area (Å²) in [5.41, 5.74) is 1.95. The lowest BCUT2D eigenvalue weighted by atomic mass is 10.0. The number of nitrogens with zero attached hydrogens (tertiary/aromatic N) is 2. The van der Waals surface area contributed by atoms with Crippen LogP contribution in [0.2, 0.25) is 0 Å². The molecule has 2 atom stereocenters. The first-order chi connectivity index (χ1) is 19.0. The standard InChI is InChI=1S/C27H30N4O9/c1-15-8-17(9-16(2)25(15)40-3)26(38)29-19-11-30(23(35)14-33)20-6-4-5-7-21(20)31(27(19)39)12-22(34)28-18(13-32)10-24(36)37/h4-9,13,18-19,33H,10-12,14H2,1-3H3,(H,28,34)(H,29,38)(H,36,37)/t18?,19-/m0/s1. The SMILES string of the molecule is COc1c(C)cc(C(=O)N[C@H]2CN(C(=O)CO)c3ccccc3N(CC(=O)NC(C=O)CC(=O)O)C2=O)cc1C. The molecule has 40 heavy (non-hydrogen) atoms. The normalized spacial score (nSPS) is 15.4. The Morgan fingerprint density at radius 2 is 1.75 bits per heavy atom. The third-order valence-corrected chi connectivity index (χ3v) is 6.27. The zero-order valence-corrected chi connectivity index (χ0v) is 22.2. The van der Waals surface area contributed by atoms with E-state index < -0.39 is 61.3 Å². The number of aliphatic hydroxyl groups excluding tert-OH is 1. The predicted molar refractivity (Wildman–Crippen MR) is 142 cm³/mol. The number of aldehydes is 1. The van der Waals surface area contributed by atoms with Gasteiger partial charge in [0.2, 0.25) is 5.91 Å². The zero-order chi connectivity index (χ0) is 29.6. The van der Waals surface area contributed by atoms with E-state index in [4.69, 9.17) is 9.84 Å². The fourth-order valence-corrected chi connectivity index (χ4v) is 4.54. The van der Waals surface area contributed by atoms with Crippen LogP contribution in [-0.4, -0.2) is 85.0 Å². The number of aliphatic hydroxyl groups is 1. The molecule has 1 aliphatic rings. The van der Waals surface area contributed by atoms with Crippen molar-refractivity contribution in [2.45, 2.75) is 32.4 Å². The Balaban J connectivity index is 1.98. The maximum atomic E-state index is 13.8. The molecule has 0 aromatic heterocycles. The van der Waals surface area contributed by atoms with Gasteiger partial charge in [0.25, 0.3) is 17.7 Å². The summed E-state index contributed by atoms with van der Waals surface area (Å²) in [4.78, 5) is 77.0. The molecule has 0 saturated carbocycles. The number of aliphatic carboxylic acids is 1. The van der Waals surface area contributed by atoms with Crippen molar-refractivity contribution in [3.8, 4) is 5.75 Å². The topological polar surface area (TPSA) is 183 Å². The summed E-state index contributed by atoms with van der Waals surface area (Å²) in [7, 11) is 1.51. The smallest absolute Gasteiger partial charge is 0.305 e. The summed E-state index contributed by atoms with van der Waals surface area (Å²) in [5.74, 6) is -3.66. The number of carboxylic acids is 1. The van der Waals surface area contributed by atoms with Crippen LogP contribution in [0.5, 0.6) is 5.75 Å². The lowest BCUT2D eigenvalue weighted by Crippen LogP contribution is -2.55. The third-order valence-electron chi connectivity index (χ3n) is 6.27. The predicted octanol–water partition coefficient (Wildman–Crippen LogP) is -0.0591. The number of amides is 4. The molecule has 1 unspecified atom stereocenters. The van der Waals surface area contributed by atoms with E-state index in [2.05, 4.69) is 10.6 Å². The first-order valence-electron chi connectivity index (χ1n) is 12.2. The van der Waals surface area contributed by atoms with Crippen molar-refractivity contribution in [3.63, 3.8) is 0 Å². The van der Waals surface area contributed by atoms with Crippen molar-refractivity contribution < 1.29 is 43.7 Å². The van der Waals surface area contributed by atoms with Gasteiger partial charge < -0.3 is 35.3 Å². The van der Waals surface area contributed by atoms with Crippen LogP contribution in [0.4, 0.5) is 11.4 Å². The monoisotopic (exact) mass is 554 g/mol. The maximum Gasteiger partial charge on any atom is 0.305 e. The number of carbonyl (C=O) groups excluding carboxylic acids is 5. The van der Waals surface area contributed by atoms with Gasteiger partial charge in [-0.25, -0.2) is 0 Å². The molecule has 1 heterocycles. The average Bonchev–Trinajstić information content (AvgIpc) is 3.02. The van der Waals surface area contributed by atoms with Gasteiger partial charge in [0.1, 0.15) is 31.2 Å². The van der Waals surface area contributed by atoms with Crippen LogP contribution in [0, 0.1) is 13.8 Å². The van der Waals surface area contributed by atoms with Crippen LogP contribution in [-0.2, 0) is 24.0 Å². The summed E-state index contributed by atoms with van der Waals surface area (Å²) in [6.45, 7) is 1.65. The summed E-state index contributed by atoms with van der Waals surface area (Å²) in [6, 6.07) is 6.66. The van der Waals surface area contributed by atoms with Gasteiger partial charge in [0, 0.05) is 5.56 Å². The first kappa shape index (κ1) is 29.8. The lowest BCUT2D eigenvalue weighted by molar-refractivity contribution is -0.139. The molecule has 0 saturated heterocycles. The number of ether oxygens (including phenoxy) is 1. The van der Waals surface area contributed by atoms with E-state index in [0.29, 0.717) is 16.9 Å². The molecule has 1 aliphatic heterocycles. The van der Waals surface area contributed by atoms with Crippen molar-refractivity contribution >= 4 is 47.3 Å². The Labute approximate surface area is 229 Å². The van der Waals surface area contributed by atoms with Gasteiger partial charge in [-0.3, -0.25) is 28.9 Å². The highest BCUT2D eigenvalue weighted by Gasteiger charge is 2.37. The summed E-state index contributed by atoms with van der Waals surface area (Å²) in [5, 5.41) is 23.5. The molecule has 4 N–H and O–H groups in total. The Hall–Kier alpha value is -4.78. The Morgan fingerprint density at radius 3 is 2.30 bits per heavy atom. The molecule has 0 fully saturated rings. The average molecular weight is 555 g/mol. The number of carboxylic acid groups (broad SMARTS) is 1. The van der Waals surface area contributed by atoms with Crippen LogP contribution < -0.4 is 25.2 Å². The molecular formula is C27H30N4O9. The van der Waals surface area contributed by atoms with Crippen molar-refractivity contribution in [3.05, 3.63) is 53.1 Å². The fraction of sp³-hybridized carbons (Fsp3) is 0.333. The highest BCUT2D eigenvalue weighted by molar-refractivity contribution is 6.11. The van der Waals surface area contributed by atoms with Crippen molar-refractivity contribution in [2.75, 3.05) is 36.6 Å². The van der Waals surface area contributed by atoms with Crippen molar-refractivity contribution in [1.82, 2.24) is 10.6 Å². The second kappa shape index (κ2) is 12.8. The molecule has 4 amide bonds. The van der Waals surface area contributed by atoms with Crippen molar-refractivity contribution in [2.24, 2.45) is 0 Å². The largest absolute Gasteiger partial charge is 0.496 e. The number of hydrogen-bond acceptors (Lipinski definition) is 8. The molecule has 0 radical (unpaired) electrons. The number of benzene rings is 2. The Kier molecular flexibility index (Phi) is 9.56. The highest BCUT2D eigenvalue weighted by atomic mass is 16.5. The summed E-state index contributed by atoms with van der Waals surface area (Å²) >= 11 is 0. The second-order valence-electron chi connectivity index (χ2n) is 9.15. The van der Waals surface area contributed by atoms with E-state index in [1.54, 1.807) is 38.1 Å². The van der Waals surface area contributed by atoms with Crippen LogP contribution in [0.3, 0.4) is 0 Å². The Morgan fingerprint density at radius 1 is 1.12 bits per heavy atom. The minimum absolute atomic E-state index is 0.137. The van der Waals surface area contributed by atoms with E-state index >= 15 is 0 Å². The lowest BCUT2D eigenvalue weighted by Gasteiger charge is -2.25. The molecule has 3 rings (SSSR count). The van der Waals surface area contributed by atoms with Gasteiger partial charge in [-0.05, 0) is 49.2 Å². The molecule has 2 aromatic rings. The first-order valence-corrected chi connectivity index (χ1v) is 12.2. The van der Waals surface area contributed by atoms with Gasteiger partial charge in [-0.2, -0.15) is 0 Å². The zero-order valence-electron chi connectivity index (χ0n) is 22.2. The molecular weight excluding hydrogens is 524 g/mol. The number of rotatable bonds is 10. The van der Waals surface area contributed by atoms with E-state index in [1.165, 1.54) is 19.2 Å².